The Kier molecular flexibility index (Phi) is 10.4. The molecule has 1 amide bonds. The van der Waals surface area contributed by atoms with E-state index in [0.717, 1.165) is 55.7 Å². The first kappa shape index (κ1) is 25.4. The van der Waals surface area contributed by atoms with E-state index in [1.165, 1.54) is 35.7 Å². The average molecular weight is 515 g/mol. The van der Waals surface area contributed by atoms with Gasteiger partial charge < -0.3 is 14.2 Å². The van der Waals surface area contributed by atoms with E-state index in [1.54, 1.807) is 7.11 Å². The number of carbonyl (C=O) groups excluding carboxylic acids is 1. The van der Waals surface area contributed by atoms with Gasteiger partial charge in [0.2, 0.25) is 5.91 Å². The van der Waals surface area contributed by atoms with Crippen LogP contribution < -0.4 is 0 Å². The Morgan fingerprint density at radius 2 is 1.82 bits per heavy atom. The minimum absolute atomic E-state index is 0.340. The molecule has 0 bridgehead atoms. The highest BCUT2D eigenvalue weighted by atomic mass is 79.9. The number of nitrogens with zero attached hydrogens (tertiary/aromatic N) is 3. The van der Waals surface area contributed by atoms with Crippen molar-refractivity contribution in [1.29, 1.82) is 0 Å². The lowest BCUT2D eigenvalue weighted by molar-refractivity contribution is -0.132. The van der Waals surface area contributed by atoms with Crippen LogP contribution in [0, 0.1) is 6.92 Å². The maximum atomic E-state index is 12.0. The van der Waals surface area contributed by atoms with E-state index >= 15 is 0 Å². The maximum absolute atomic E-state index is 12.0. The predicted octanol–water partition coefficient (Wildman–Crippen LogP) is 6.17. The van der Waals surface area contributed by atoms with Crippen LogP contribution in [0.15, 0.2) is 53.3 Å². The van der Waals surface area contributed by atoms with Gasteiger partial charge in [-0.05, 0) is 75.3 Å². The smallest absolute Gasteiger partial charge is 0.222 e. The Morgan fingerprint density at radius 3 is 2.55 bits per heavy atom. The molecule has 0 spiro atoms. The molecule has 178 valence electrons. The van der Waals surface area contributed by atoms with Crippen molar-refractivity contribution in [3.63, 3.8) is 0 Å². The average Bonchev–Trinajstić information content (AvgIpc) is 3.26. The third-order valence-electron chi connectivity index (χ3n) is 6.12. The normalized spacial score (nSPS) is 13.6. The predicted molar refractivity (Wildman–Crippen MR) is 138 cm³/mol. The molecule has 33 heavy (non-hydrogen) atoms. The summed E-state index contributed by atoms with van der Waals surface area (Å²) < 4.78 is 8.41. The van der Waals surface area contributed by atoms with Crippen molar-refractivity contribution in [2.75, 3.05) is 26.8 Å². The number of hydrogen-bond acceptors (Lipinski definition) is 3. The van der Waals surface area contributed by atoms with E-state index in [9.17, 15) is 4.79 Å². The van der Waals surface area contributed by atoms with Crippen molar-refractivity contribution in [2.24, 2.45) is 0 Å². The Morgan fingerprint density at radius 1 is 1.06 bits per heavy atom. The van der Waals surface area contributed by atoms with Gasteiger partial charge in [0.25, 0.3) is 0 Å². The number of aromatic nitrogens is 2. The summed E-state index contributed by atoms with van der Waals surface area (Å²) in [5, 5.41) is 1.25. The highest BCUT2D eigenvalue weighted by Crippen LogP contribution is 2.18. The Labute approximate surface area is 206 Å². The highest BCUT2D eigenvalue weighted by Gasteiger charge is 2.15. The Bertz CT molecular complexity index is 994. The van der Waals surface area contributed by atoms with Crippen LogP contribution in [0.4, 0.5) is 0 Å². The molecule has 0 saturated carbocycles. The first-order chi connectivity index (χ1) is 16.1. The molecule has 0 unspecified atom stereocenters. The summed E-state index contributed by atoms with van der Waals surface area (Å²) in [6.07, 6.45) is 11.3. The molecule has 1 aliphatic rings. The van der Waals surface area contributed by atoms with Gasteiger partial charge in [-0.15, -0.1) is 0 Å². The number of amides is 1. The fourth-order valence-corrected chi connectivity index (χ4v) is 4.50. The standard InChI is InChI=1S/C15H20BrNO.C12H16N2O/c16-14-9-7-13(8-10-14)5-4-6-15(18)17-11-2-1-3-12-17;1-10-11-5-8-14(7-3-9-15-2)12(11)4-6-13-10/h7-10H,1-6,11-12H2;4-6,8H,3,7,9H2,1-2H3. The molecule has 4 rings (SSSR count). The van der Waals surface area contributed by atoms with Gasteiger partial charge in [0, 0.05) is 67.7 Å². The monoisotopic (exact) mass is 513 g/mol. The van der Waals surface area contributed by atoms with Crippen LogP contribution in [0.1, 0.15) is 49.8 Å². The number of hydrogen-bond donors (Lipinski definition) is 0. The zero-order chi connectivity index (χ0) is 23.5. The van der Waals surface area contributed by atoms with Gasteiger partial charge >= 0.3 is 0 Å². The number of pyridine rings is 1. The number of benzene rings is 1. The minimum Gasteiger partial charge on any atom is -0.385 e. The Hall–Kier alpha value is -2.18. The molecular formula is C27H36BrN3O2. The van der Waals surface area contributed by atoms with Crippen molar-refractivity contribution in [2.45, 2.75) is 58.4 Å². The molecule has 0 radical (unpaired) electrons. The van der Waals surface area contributed by atoms with Crippen LogP contribution in [0.2, 0.25) is 0 Å². The van der Waals surface area contributed by atoms with E-state index in [2.05, 4.69) is 68.1 Å². The quantitative estimate of drug-likeness (QED) is 0.338. The van der Waals surface area contributed by atoms with E-state index in [0.29, 0.717) is 12.3 Å². The number of halogens is 1. The third kappa shape index (κ3) is 7.97. The number of carbonyl (C=O) groups is 1. The molecular weight excluding hydrogens is 478 g/mol. The number of likely N-dealkylation sites (tertiary alicyclic amines) is 1. The van der Waals surface area contributed by atoms with E-state index in [1.807, 2.05) is 18.0 Å². The number of fused-ring (bicyclic) bond motifs is 1. The topological polar surface area (TPSA) is 47.4 Å². The van der Waals surface area contributed by atoms with Gasteiger partial charge in [0.1, 0.15) is 0 Å². The van der Waals surface area contributed by atoms with Gasteiger partial charge in [0.15, 0.2) is 0 Å². The molecule has 0 aliphatic carbocycles. The second-order valence-electron chi connectivity index (χ2n) is 8.61. The minimum atomic E-state index is 0.340. The fourth-order valence-electron chi connectivity index (χ4n) is 4.24. The SMILES string of the molecule is COCCCn1ccc2c(C)nccc21.O=C(CCCc1ccc(Br)cc1)N1CCCCC1. The third-order valence-corrected chi connectivity index (χ3v) is 6.65. The maximum Gasteiger partial charge on any atom is 0.222 e. The number of aryl methyl sites for hydroxylation is 3. The van der Waals surface area contributed by atoms with Gasteiger partial charge in [-0.1, -0.05) is 28.1 Å². The molecule has 1 aromatic carbocycles. The molecule has 5 nitrogen and oxygen atoms in total. The molecule has 0 atom stereocenters. The molecule has 6 heteroatoms. The van der Waals surface area contributed by atoms with Crippen LogP contribution >= 0.6 is 15.9 Å². The van der Waals surface area contributed by atoms with Gasteiger partial charge in [-0.2, -0.15) is 0 Å². The summed E-state index contributed by atoms with van der Waals surface area (Å²) in [5.41, 5.74) is 3.67. The zero-order valence-electron chi connectivity index (χ0n) is 19.9. The summed E-state index contributed by atoms with van der Waals surface area (Å²) in [6, 6.07) is 12.5. The highest BCUT2D eigenvalue weighted by molar-refractivity contribution is 9.10. The lowest BCUT2D eigenvalue weighted by Gasteiger charge is -2.26. The molecule has 1 saturated heterocycles. The number of methoxy groups -OCH3 is 1. The number of ether oxygens (including phenoxy) is 1. The van der Waals surface area contributed by atoms with Gasteiger partial charge in [0.05, 0.1) is 5.52 Å². The largest absolute Gasteiger partial charge is 0.385 e. The van der Waals surface area contributed by atoms with Crippen LogP contribution in [-0.2, 0) is 22.5 Å². The number of rotatable bonds is 8. The fraction of sp³-hybridized carbons (Fsp3) is 0.481. The van der Waals surface area contributed by atoms with Crippen molar-refractivity contribution in [1.82, 2.24) is 14.5 Å². The molecule has 2 aromatic heterocycles. The first-order valence-electron chi connectivity index (χ1n) is 12.0. The summed E-state index contributed by atoms with van der Waals surface area (Å²) in [5.74, 6) is 0.340. The lowest BCUT2D eigenvalue weighted by atomic mass is 10.1. The second-order valence-corrected chi connectivity index (χ2v) is 9.52. The van der Waals surface area contributed by atoms with Gasteiger partial charge in [-0.3, -0.25) is 9.78 Å². The van der Waals surface area contributed by atoms with Crippen LogP contribution in [0.25, 0.3) is 10.9 Å². The van der Waals surface area contributed by atoms with Crippen LogP contribution in [0.3, 0.4) is 0 Å². The van der Waals surface area contributed by atoms with E-state index in [-0.39, 0.29) is 0 Å². The summed E-state index contributed by atoms with van der Waals surface area (Å²) in [6.45, 7) is 5.79. The summed E-state index contributed by atoms with van der Waals surface area (Å²) in [7, 11) is 1.74. The molecule has 1 fully saturated rings. The Balaban J connectivity index is 0.000000189. The van der Waals surface area contributed by atoms with E-state index in [4.69, 9.17) is 4.74 Å². The van der Waals surface area contributed by atoms with Gasteiger partial charge in [-0.25, -0.2) is 0 Å². The summed E-state index contributed by atoms with van der Waals surface area (Å²) in [4.78, 5) is 18.3. The molecule has 1 aliphatic heterocycles. The molecule has 0 N–H and O–H groups in total. The van der Waals surface area contributed by atoms with Crippen molar-refractivity contribution in [3.05, 3.63) is 64.5 Å². The van der Waals surface area contributed by atoms with Crippen LogP contribution in [0.5, 0.6) is 0 Å². The van der Waals surface area contributed by atoms with Crippen molar-refractivity contribution >= 4 is 32.7 Å². The molecule has 3 aromatic rings. The summed E-state index contributed by atoms with van der Waals surface area (Å²) >= 11 is 3.43. The van der Waals surface area contributed by atoms with Crippen molar-refractivity contribution in [3.8, 4) is 0 Å². The van der Waals surface area contributed by atoms with E-state index < -0.39 is 0 Å². The van der Waals surface area contributed by atoms with Crippen LogP contribution in [-0.4, -0.2) is 47.2 Å². The molecule has 3 heterocycles. The zero-order valence-corrected chi connectivity index (χ0v) is 21.5. The lowest BCUT2D eigenvalue weighted by Crippen LogP contribution is -2.35. The number of piperidine rings is 1. The van der Waals surface area contributed by atoms with Crippen molar-refractivity contribution < 1.29 is 9.53 Å². The first-order valence-corrected chi connectivity index (χ1v) is 12.8. The second kappa shape index (κ2) is 13.5.